The maximum atomic E-state index is 4.20. The smallest absolute Gasteiger partial charge is 0.0553 e. The number of rotatable bonds is 6. The van der Waals surface area contributed by atoms with Crippen molar-refractivity contribution in [3.8, 4) is 0 Å². The van der Waals surface area contributed by atoms with Gasteiger partial charge in [-0.05, 0) is 25.8 Å². The Balaban J connectivity index is 3.72. The van der Waals surface area contributed by atoms with Crippen molar-refractivity contribution in [2.45, 2.75) is 26.7 Å². The zero-order valence-electron chi connectivity index (χ0n) is 8.51. The van der Waals surface area contributed by atoms with Gasteiger partial charge in [-0.2, -0.15) is 0 Å². The molecular formula is C11H18N2. The van der Waals surface area contributed by atoms with Crippen LogP contribution in [0.4, 0.5) is 0 Å². The van der Waals surface area contributed by atoms with Gasteiger partial charge in [0.15, 0.2) is 0 Å². The lowest BCUT2D eigenvalue weighted by molar-refractivity contribution is 0.835. The molecule has 0 amide bonds. The van der Waals surface area contributed by atoms with Crippen LogP contribution in [-0.2, 0) is 0 Å². The van der Waals surface area contributed by atoms with Crippen molar-refractivity contribution >= 4 is 6.21 Å². The lowest BCUT2D eigenvalue weighted by atomic mass is 10.3. The topological polar surface area (TPSA) is 24.4 Å². The minimum atomic E-state index is 0.908. The van der Waals surface area contributed by atoms with Crippen molar-refractivity contribution in [1.82, 2.24) is 5.32 Å². The lowest BCUT2D eigenvalue weighted by Gasteiger charge is -1.99. The standard InChI is InChI=1S/C11H18N2/c1-4-7-8-9-12-10-11(5-2)13-6-3/h6-7,10,12H,1,5,8-9H2,2-3H3/b11-10+,13-6?. The molecule has 0 heterocycles. The van der Waals surface area contributed by atoms with E-state index < -0.39 is 0 Å². The quantitative estimate of drug-likeness (QED) is 0.377. The van der Waals surface area contributed by atoms with E-state index >= 15 is 0 Å². The third kappa shape index (κ3) is 7.10. The summed E-state index contributed by atoms with van der Waals surface area (Å²) in [5, 5.41) is 3.18. The van der Waals surface area contributed by atoms with Gasteiger partial charge in [0.1, 0.15) is 0 Å². The average Bonchev–Trinajstić information content (AvgIpc) is 2.16. The monoisotopic (exact) mass is 178 g/mol. The Morgan fingerprint density at radius 1 is 1.62 bits per heavy atom. The number of aliphatic imine (C=N–C) groups is 1. The molecule has 13 heavy (non-hydrogen) atoms. The Bertz CT molecular complexity index is 220. The summed E-state index contributed by atoms with van der Waals surface area (Å²) in [6.07, 6.45) is 7.58. The molecule has 0 saturated carbocycles. The van der Waals surface area contributed by atoms with Crippen LogP contribution in [-0.4, -0.2) is 12.8 Å². The highest BCUT2D eigenvalue weighted by Gasteiger charge is 1.86. The number of nitrogens with zero attached hydrogens (tertiary/aromatic N) is 1. The van der Waals surface area contributed by atoms with E-state index in [4.69, 9.17) is 0 Å². The van der Waals surface area contributed by atoms with Gasteiger partial charge in [0.05, 0.1) is 5.70 Å². The fourth-order valence-corrected chi connectivity index (χ4v) is 0.844. The fraction of sp³-hybridized carbons (Fsp3) is 0.455. The van der Waals surface area contributed by atoms with Crippen LogP contribution in [0.15, 0.2) is 35.3 Å². The van der Waals surface area contributed by atoms with Crippen LogP contribution in [0.3, 0.4) is 0 Å². The molecule has 2 heteroatoms. The minimum Gasteiger partial charge on any atom is -0.389 e. The molecule has 0 atom stereocenters. The minimum absolute atomic E-state index is 0.908. The molecule has 0 rings (SSSR count). The van der Waals surface area contributed by atoms with Gasteiger partial charge in [-0.15, -0.1) is 5.73 Å². The summed E-state index contributed by atoms with van der Waals surface area (Å²) in [7, 11) is 0. The molecule has 0 saturated heterocycles. The Kier molecular flexibility index (Phi) is 7.96. The molecule has 0 aliphatic carbocycles. The third-order valence-electron chi connectivity index (χ3n) is 1.50. The Morgan fingerprint density at radius 3 is 2.92 bits per heavy atom. The third-order valence-corrected chi connectivity index (χ3v) is 1.50. The first kappa shape index (κ1) is 11.7. The molecule has 0 aliphatic rings. The molecule has 0 fully saturated rings. The van der Waals surface area contributed by atoms with Gasteiger partial charge in [0, 0.05) is 19.0 Å². The summed E-state index contributed by atoms with van der Waals surface area (Å²) in [4.78, 5) is 4.20. The van der Waals surface area contributed by atoms with Crippen molar-refractivity contribution in [3.05, 3.63) is 30.3 Å². The Hall–Kier alpha value is -1.27. The molecule has 0 aromatic carbocycles. The number of hydrogen-bond donors (Lipinski definition) is 1. The Morgan fingerprint density at radius 2 is 2.38 bits per heavy atom. The van der Waals surface area contributed by atoms with E-state index in [0.29, 0.717) is 0 Å². The fourth-order valence-electron chi connectivity index (χ4n) is 0.844. The first-order chi connectivity index (χ1) is 6.35. The Labute approximate surface area is 80.8 Å². The second-order valence-corrected chi connectivity index (χ2v) is 2.53. The van der Waals surface area contributed by atoms with Crippen LogP contribution >= 0.6 is 0 Å². The van der Waals surface area contributed by atoms with Crippen LogP contribution in [0.25, 0.3) is 0 Å². The zero-order valence-corrected chi connectivity index (χ0v) is 8.51. The predicted octanol–water partition coefficient (Wildman–Crippen LogP) is 2.65. The first-order valence-corrected chi connectivity index (χ1v) is 4.60. The summed E-state index contributed by atoms with van der Waals surface area (Å²) in [5.74, 6) is 0. The number of nitrogens with one attached hydrogen (secondary N) is 1. The summed E-state index contributed by atoms with van der Waals surface area (Å²) < 4.78 is 0. The van der Waals surface area contributed by atoms with Gasteiger partial charge in [-0.3, -0.25) is 4.99 Å². The van der Waals surface area contributed by atoms with Crippen LogP contribution in [0.2, 0.25) is 0 Å². The van der Waals surface area contributed by atoms with Crippen molar-refractivity contribution in [2.75, 3.05) is 6.54 Å². The summed E-state index contributed by atoms with van der Waals surface area (Å²) in [6.45, 7) is 8.41. The van der Waals surface area contributed by atoms with Gasteiger partial charge >= 0.3 is 0 Å². The van der Waals surface area contributed by atoms with Crippen LogP contribution < -0.4 is 5.32 Å². The van der Waals surface area contributed by atoms with Crippen molar-refractivity contribution in [1.29, 1.82) is 0 Å². The molecule has 0 unspecified atom stereocenters. The van der Waals surface area contributed by atoms with Crippen molar-refractivity contribution in [2.24, 2.45) is 4.99 Å². The molecule has 1 N–H and O–H groups in total. The van der Waals surface area contributed by atoms with Crippen LogP contribution in [0.5, 0.6) is 0 Å². The maximum Gasteiger partial charge on any atom is 0.0553 e. The molecule has 0 bridgehead atoms. The summed E-state index contributed by atoms with van der Waals surface area (Å²) in [5.41, 5.74) is 3.80. The second-order valence-electron chi connectivity index (χ2n) is 2.53. The van der Waals surface area contributed by atoms with E-state index in [2.05, 4.69) is 29.5 Å². The maximum absolute atomic E-state index is 4.20. The molecule has 0 aromatic rings. The van der Waals surface area contributed by atoms with Crippen molar-refractivity contribution < 1.29 is 0 Å². The summed E-state index contributed by atoms with van der Waals surface area (Å²) in [6, 6.07) is 0. The van der Waals surface area contributed by atoms with E-state index in [-0.39, 0.29) is 0 Å². The van der Waals surface area contributed by atoms with Gasteiger partial charge in [0.25, 0.3) is 0 Å². The van der Waals surface area contributed by atoms with Gasteiger partial charge < -0.3 is 5.32 Å². The van der Waals surface area contributed by atoms with E-state index in [1.807, 2.05) is 19.2 Å². The summed E-state index contributed by atoms with van der Waals surface area (Å²) >= 11 is 0. The average molecular weight is 178 g/mol. The molecular weight excluding hydrogens is 160 g/mol. The highest BCUT2D eigenvalue weighted by atomic mass is 14.9. The molecule has 0 radical (unpaired) electrons. The van der Waals surface area contributed by atoms with E-state index in [9.17, 15) is 0 Å². The second kappa shape index (κ2) is 8.82. The van der Waals surface area contributed by atoms with E-state index in [1.54, 1.807) is 6.21 Å². The number of allylic oxidation sites excluding steroid dienone is 1. The van der Waals surface area contributed by atoms with Crippen molar-refractivity contribution in [3.63, 3.8) is 0 Å². The highest BCUT2D eigenvalue weighted by molar-refractivity contribution is 5.55. The lowest BCUT2D eigenvalue weighted by Crippen LogP contribution is -2.06. The first-order valence-electron chi connectivity index (χ1n) is 4.60. The largest absolute Gasteiger partial charge is 0.389 e. The normalized spacial score (nSPS) is 11.4. The molecule has 0 aromatic heterocycles. The van der Waals surface area contributed by atoms with Crippen LogP contribution in [0, 0.1) is 0 Å². The molecule has 2 nitrogen and oxygen atoms in total. The van der Waals surface area contributed by atoms with Gasteiger partial charge in [-0.25, -0.2) is 0 Å². The van der Waals surface area contributed by atoms with E-state index in [0.717, 1.165) is 25.1 Å². The van der Waals surface area contributed by atoms with Gasteiger partial charge in [-0.1, -0.05) is 13.5 Å². The number of hydrogen-bond acceptors (Lipinski definition) is 2. The molecule has 0 aliphatic heterocycles. The predicted molar refractivity (Wildman–Crippen MR) is 58.9 cm³/mol. The van der Waals surface area contributed by atoms with Gasteiger partial charge in [0.2, 0.25) is 0 Å². The zero-order chi connectivity index (χ0) is 9.94. The SMILES string of the molecule is C=C=CCCN/C=C(\CC)N=CC. The molecule has 0 spiro atoms. The van der Waals surface area contributed by atoms with Crippen LogP contribution in [0.1, 0.15) is 26.7 Å². The highest BCUT2D eigenvalue weighted by Crippen LogP contribution is 1.98. The van der Waals surface area contributed by atoms with E-state index in [1.165, 1.54) is 0 Å². The molecule has 72 valence electrons.